The standard InChI is InChI=1S/C35H36F3NO6/c1-5-42-25-12-10-24(11-13-25)34(41)44-28-15-14-26-30(40)32(43-29-19-21(2)18-22(3)23(29)4)33(35(36,37)38)45-31(26)27(28)20-39-16-8-6-7-9-17-39/h10-15,18-19H,5-9,16-17,20H2,1-4H3/p+1. The lowest BCUT2D eigenvalue weighted by molar-refractivity contribution is -0.913. The second-order valence-electron chi connectivity index (χ2n) is 11.5. The Bertz CT molecular complexity index is 1750. The predicted molar refractivity (Wildman–Crippen MR) is 164 cm³/mol. The number of hydrogen-bond donors (Lipinski definition) is 1. The Labute approximate surface area is 259 Å². The highest BCUT2D eigenvalue weighted by atomic mass is 19.4. The Morgan fingerprint density at radius 3 is 2.27 bits per heavy atom. The van der Waals surface area contributed by atoms with Gasteiger partial charge < -0.3 is 23.5 Å². The summed E-state index contributed by atoms with van der Waals surface area (Å²) in [5.41, 5.74) is 1.41. The molecule has 0 radical (unpaired) electrons. The zero-order chi connectivity index (χ0) is 32.3. The molecule has 1 saturated heterocycles. The number of aryl methyl sites for hydroxylation is 2. The maximum Gasteiger partial charge on any atom is 0.453 e. The van der Waals surface area contributed by atoms with Crippen LogP contribution in [-0.2, 0) is 12.7 Å². The van der Waals surface area contributed by atoms with Crippen LogP contribution in [0.4, 0.5) is 13.2 Å². The summed E-state index contributed by atoms with van der Waals surface area (Å²) in [5, 5.41) is -0.0925. The molecule has 0 amide bonds. The van der Waals surface area contributed by atoms with E-state index in [2.05, 4.69) is 0 Å². The van der Waals surface area contributed by atoms with E-state index in [0.717, 1.165) is 54.8 Å². The van der Waals surface area contributed by atoms with Crippen molar-refractivity contribution in [1.82, 2.24) is 0 Å². The number of quaternary nitrogens is 1. The van der Waals surface area contributed by atoms with Gasteiger partial charge in [0.05, 0.1) is 36.2 Å². The van der Waals surface area contributed by atoms with E-state index in [-0.39, 0.29) is 40.1 Å². The van der Waals surface area contributed by atoms with Gasteiger partial charge in [-0.2, -0.15) is 13.2 Å². The van der Waals surface area contributed by atoms with Gasteiger partial charge in [-0.1, -0.05) is 6.07 Å². The summed E-state index contributed by atoms with van der Waals surface area (Å²) in [6, 6.07) is 12.6. The number of nitrogens with one attached hydrogen (secondary N) is 1. The first kappa shape index (κ1) is 32.1. The summed E-state index contributed by atoms with van der Waals surface area (Å²) in [7, 11) is 0. The van der Waals surface area contributed by atoms with Crippen molar-refractivity contribution in [2.45, 2.75) is 66.1 Å². The SMILES string of the molecule is CCOc1ccc(C(=O)Oc2ccc3c(=O)c(Oc4cc(C)cc(C)c4C)c(C(F)(F)F)oc3c2C[NH+]2CCCCCC2)cc1. The number of hydrogen-bond acceptors (Lipinski definition) is 6. The first-order chi connectivity index (χ1) is 21.5. The topological polar surface area (TPSA) is 79.4 Å². The average Bonchev–Trinajstić information content (AvgIpc) is 3.26. The maximum absolute atomic E-state index is 14.6. The molecule has 4 aromatic rings. The van der Waals surface area contributed by atoms with Crippen LogP contribution in [0.5, 0.6) is 23.0 Å². The third kappa shape index (κ3) is 7.17. The van der Waals surface area contributed by atoms with Crippen molar-refractivity contribution in [3.8, 4) is 23.0 Å². The van der Waals surface area contributed by atoms with Crippen LogP contribution < -0.4 is 24.5 Å². The molecule has 2 heterocycles. The quantitative estimate of drug-likeness (QED) is 0.166. The van der Waals surface area contributed by atoms with Crippen LogP contribution in [0.15, 0.2) is 57.7 Å². The maximum atomic E-state index is 14.6. The van der Waals surface area contributed by atoms with Crippen molar-refractivity contribution >= 4 is 16.9 Å². The highest BCUT2D eigenvalue weighted by molar-refractivity contribution is 5.92. The number of carbonyl (C=O) groups excluding carboxylic acids is 1. The third-order valence-electron chi connectivity index (χ3n) is 8.15. The van der Waals surface area contributed by atoms with E-state index in [1.54, 1.807) is 44.2 Å². The highest BCUT2D eigenvalue weighted by Crippen LogP contribution is 2.41. The summed E-state index contributed by atoms with van der Waals surface area (Å²) >= 11 is 0. The number of benzene rings is 3. The molecule has 0 spiro atoms. The van der Waals surface area contributed by atoms with Crippen molar-refractivity contribution in [2.75, 3.05) is 19.7 Å². The molecule has 0 bridgehead atoms. The van der Waals surface area contributed by atoms with E-state index in [0.29, 0.717) is 17.9 Å². The van der Waals surface area contributed by atoms with Gasteiger partial charge >= 0.3 is 12.1 Å². The van der Waals surface area contributed by atoms with Gasteiger partial charge in [0, 0.05) is 0 Å². The molecule has 0 saturated carbocycles. The second kappa shape index (κ2) is 13.4. The first-order valence-corrected chi connectivity index (χ1v) is 15.2. The minimum Gasteiger partial charge on any atom is -0.494 e. The van der Waals surface area contributed by atoms with Crippen molar-refractivity contribution in [2.24, 2.45) is 0 Å². The van der Waals surface area contributed by atoms with Crippen molar-refractivity contribution in [1.29, 1.82) is 0 Å². The smallest absolute Gasteiger partial charge is 0.453 e. The van der Waals surface area contributed by atoms with E-state index in [1.165, 1.54) is 12.1 Å². The molecule has 0 atom stereocenters. The number of carbonyl (C=O) groups is 1. The average molecular weight is 625 g/mol. The Morgan fingerprint density at radius 2 is 1.62 bits per heavy atom. The number of likely N-dealkylation sites (tertiary alicyclic amines) is 1. The normalized spacial score (nSPS) is 14.3. The number of halogens is 3. The molecule has 7 nitrogen and oxygen atoms in total. The molecule has 1 aromatic heterocycles. The summed E-state index contributed by atoms with van der Waals surface area (Å²) in [6.45, 7) is 9.41. The van der Waals surface area contributed by atoms with Crippen LogP contribution in [0.2, 0.25) is 0 Å². The minimum atomic E-state index is -5.04. The van der Waals surface area contributed by atoms with Crippen LogP contribution in [-0.4, -0.2) is 25.7 Å². The Hall–Kier alpha value is -4.31. The fourth-order valence-electron chi connectivity index (χ4n) is 5.71. The lowest BCUT2D eigenvalue weighted by Crippen LogP contribution is -3.10. The molecule has 0 unspecified atom stereocenters. The zero-order valence-corrected chi connectivity index (χ0v) is 25.9. The van der Waals surface area contributed by atoms with Crippen molar-refractivity contribution in [3.05, 3.63) is 92.3 Å². The van der Waals surface area contributed by atoms with Crippen LogP contribution in [0.3, 0.4) is 0 Å². The second-order valence-corrected chi connectivity index (χ2v) is 11.5. The van der Waals surface area contributed by atoms with Crippen LogP contribution in [0.1, 0.15) is 71.0 Å². The zero-order valence-electron chi connectivity index (χ0n) is 25.9. The summed E-state index contributed by atoms with van der Waals surface area (Å²) in [6.07, 6.45) is -1.02. The van der Waals surface area contributed by atoms with E-state index in [9.17, 15) is 22.8 Å². The molecule has 5 rings (SSSR count). The summed E-state index contributed by atoms with van der Waals surface area (Å²) < 4.78 is 66.3. The van der Waals surface area contributed by atoms with Crippen LogP contribution in [0, 0.1) is 20.8 Å². The van der Waals surface area contributed by atoms with Gasteiger partial charge in [0.25, 0.3) is 5.76 Å². The lowest BCUT2D eigenvalue weighted by Gasteiger charge is -2.21. The van der Waals surface area contributed by atoms with E-state index < -0.39 is 29.1 Å². The molecule has 1 fully saturated rings. The van der Waals surface area contributed by atoms with E-state index >= 15 is 0 Å². The van der Waals surface area contributed by atoms with Crippen LogP contribution >= 0.6 is 0 Å². The lowest BCUT2D eigenvalue weighted by atomic mass is 10.1. The Morgan fingerprint density at radius 1 is 0.933 bits per heavy atom. The van der Waals surface area contributed by atoms with Gasteiger partial charge in [0.1, 0.15) is 23.8 Å². The number of ether oxygens (including phenoxy) is 3. The number of esters is 1. The Kier molecular flexibility index (Phi) is 9.53. The molecular weight excluding hydrogens is 587 g/mol. The van der Waals surface area contributed by atoms with Gasteiger partial charge in [0.15, 0.2) is 5.58 Å². The fourth-order valence-corrected chi connectivity index (χ4v) is 5.71. The van der Waals surface area contributed by atoms with E-state index in [4.69, 9.17) is 18.6 Å². The molecular formula is C35H37F3NO6+. The highest BCUT2D eigenvalue weighted by Gasteiger charge is 2.41. The molecule has 3 aromatic carbocycles. The summed E-state index contributed by atoms with van der Waals surface area (Å²) in [4.78, 5) is 28.1. The first-order valence-electron chi connectivity index (χ1n) is 15.2. The van der Waals surface area contributed by atoms with Gasteiger partial charge in [0.2, 0.25) is 11.2 Å². The van der Waals surface area contributed by atoms with Crippen molar-refractivity contribution < 1.29 is 41.5 Å². The molecule has 238 valence electrons. The third-order valence-corrected chi connectivity index (χ3v) is 8.15. The molecule has 0 aliphatic carbocycles. The summed E-state index contributed by atoms with van der Waals surface area (Å²) in [5.74, 6) is -2.42. The number of rotatable bonds is 8. The van der Waals surface area contributed by atoms with E-state index in [1.807, 2.05) is 19.9 Å². The van der Waals surface area contributed by atoms with Gasteiger partial charge in [-0.15, -0.1) is 0 Å². The Balaban J connectivity index is 1.64. The van der Waals surface area contributed by atoms with Gasteiger partial charge in [-0.3, -0.25) is 4.79 Å². The van der Waals surface area contributed by atoms with Crippen LogP contribution in [0.25, 0.3) is 11.0 Å². The van der Waals surface area contributed by atoms with Gasteiger partial charge in [-0.25, -0.2) is 4.79 Å². The molecule has 10 heteroatoms. The molecule has 45 heavy (non-hydrogen) atoms. The molecule has 1 N–H and O–H groups in total. The molecule has 1 aliphatic heterocycles. The molecule has 1 aliphatic rings. The fraction of sp³-hybridized carbons (Fsp3) is 0.371. The minimum absolute atomic E-state index is 0.0354. The number of alkyl halides is 3. The van der Waals surface area contributed by atoms with Crippen molar-refractivity contribution in [3.63, 3.8) is 0 Å². The number of fused-ring (bicyclic) bond motifs is 1. The predicted octanol–water partition coefficient (Wildman–Crippen LogP) is 7.11. The largest absolute Gasteiger partial charge is 0.494 e. The van der Waals surface area contributed by atoms with Gasteiger partial charge in [-0.05, 0) is 113 Å². The monoisotopic (exact) mass is 624 g/mol.